The van der Waals surface area contributed by atoms with Crippen molar-refractivity contribution >= 4 is 28.6 Å². The second-order valence-corrected chi connectivity index (χ2v) is 3.40. The predicted octanol–water partition coefficient (Wildman–Crippen LogP) is 1.45. The molecule has 0 bridgehead atoms. The molecule has 0 radical (unpaired) electrons. The number of aliphatic carboxylic acids is 1. The molecule has 0 aliphatic rings. The first kappa shape index (κ1) is 9.37. The average molecular weight is 281 g/mol. The molecule has 0 spiro atoms. The molecule has 1 aromatic heterocycles. The normalized spacial score (nSPS) is 9.83. The van der Waals surface area contributed by atoms with Gasteiger partial charge in [-0.05, 0) is 28.7 Å². The van der Waals surface area contributed by atoms with Crippen LogP contribution in [0.3, 0.4) is 0 Å². The Morgan fingerprint density at radius 2 is 2.42 bits per heavy atom. The largest absolute Gasteiger partial charge is 0.481 e. The summed E-state index contributed by atoms with van der Waals surface area (Å²) in [7, 11) is 0. The van der Waals surface area contributed by atoms with Gasteiger partial charge in [0.2, 0.25) is 0 Å². The molecule has 0 amide bonds. The quantitative estimate of drug-likeness (QED) is 0.835. The van der Waals surface area contributed by atoms with Crippen LogP contribution in [-0.2, 0) is 11.2 Å². The molecular formula is C7H5FINO2. The van der Waals surface area contributed by atoms with Crippen LogP contribution in [0.2, 0.25) is 0 Å². The van der Waals surface area contributed by atoms with Crippen molar-refractivity contribution in [3.8, 4) is 0 Å². The number of carboxylic acids is 1. The lowest BCUT2D eigenvalue weighted by Crippen LogP contribution is -2.04. The smallest absolute Gasteiger partial charge is 0.309 e. The highest BCUT2D eigenvalue weighted by Gasteiger charge is 2.07. The minimum Gasteiger partial charge on any atom is -0.481 e. The van der Waals surface area contributed by atoms with Gasteiger partial charge in [-0.3, -0.25) is 9.78 Å². The molecule has 5 heteroatoms. The summed E-state index contributed by atoms with van der Waals surface area (Å²) in [5.74, 6) is -1.65. The molecule has 0 saturated heterocycles. The molecular weight excluding hydrogens is 276 g/mol. The number of hydrogen-bond acceptors (Lipinski definition) is 2. The van der Waals surface area contributed by atoms with Crippen LogP contribution in [0.25, 0.3) is 0 Å². The van der Waals surface area contributed by atoms with Crippen molar-refractivity contribution in [3.63, 3.8) is 0 Å². The van der Waals surface area contributed by atoms with Gasteiger partial charge in [0.05, 0.1) is 12.1 Å². The Balaban J connectivity index is 2.93. The third-order valence-corrected chi connectivity index (χ3v) is 1.79. The Bertz CT molecular complexity index is 316. The Morgan fingerprint density at radius 3 is 2.92 bits per heavy atom. The molecule has 1 N–H and O–H groups in total. The molecule has 0 fully saturated rings. The molecule has 1 aromatic rings. The predicted molar refractivity (Wildman–Crippen MR) is 48.3 cm³/mol. The summed E-state index contributed by atoms with van der Waals surface area (Å²) in [5.41, 5.74) is -0.0251. The molecule has 1 heterocycles. The van der Waals surface area contributed by atoms with Crippen molar-refractivity contribution in [1.82, 2.24) is 4.98 Å². The van der Waals surface area contributed by atoms with Crippen molar-refractivity contribution in [2.75, 3.05) is 0 Å². The van der Waals surface area contributed by atoms with Crippen molar-refractivity contribution in [2.24, 2.45) is 0 Å². The summed E-state index contributed by atoms with van der Waals surface area (Å²) in [4.78, 5) is 13.9. The van der Waals surface area contributed by atoms with E-state index in [1.807, 2.05) is 22.6 Å². The molecule has 3 nitrogen and oxygen atoms in total. The summed E-state index contributed by atoms with van der Waals surface area (Å²) < 4.78 is 13.5. The molecule has 0 atom stereocenters. The second-order valence-electron chi connectivity index (χ2n) is 2.15. The van der Waals surface area contributed by atoms with E-state index in [0.29, 0.717) is 3.57 Å². The number of hydrogen-bond donors (Lipinski definition) is 1. The minimum atomic E-state index is -1.08. The third kappa shape index (κ3) is 2.40. The number of carboxylic acid groups (broad SMARTS) is 1. The standard InChI is InChI=1S/C7H5FINO2/c8-5-1-4(9)3-10-6(5)2-7(11)12/h1,3H,2H2,(H,11,12). The van der Waals surface area contributed by atoms with Crippen molar-refractivity contribution in [1.29, 1.82) is 0 Å². The van der Waals surface area contributed by atoms with Gasteiger partial charge in [-0.15, -0.1) is 0 Å². The first-order valence-corrected chi connectivity index (χ1v) is 4.19. The van der Waals surface area contributed by atoms with E-state index in [9.17, 15) is 9.18 Å². The fraction of sp³-hybridized carbons (Fsp3) is 0.143. The van der Waals surface area contributed by atoms with Crippen LogP contribution < -0.4 is 0 Å². The summed E-state index contributed by atoms with van der Waals surface area (Å²) in [6, 6.07) is 1.26. The van der Waals surface area contributed by atoms with Gasteiger partial charge in [-0.2, -0.15) is 0 Å². The maximum Gasteiger partial charge on any atom is 0.309 e. The van der Waals surface area contributed by atoms with Crippen molar-refractivity contribution in [2.45, 2.75) is 6.42 Å². The first-order valence-electron chi connectivity index (χ1n) is 3.11. The van der Waals surface area contributed by atoms with E-state index < -0.39 is 11.8 Å². The van der Waals surface area contributed by atoms with E-state index in [1.54, 1.807) is 0 Å². The van der Waals surface area contributed by atoms with Gasteiger partial charge in [0, 0.05) is 9.77 Å². The zero-order chi connectivity index (χ0) is 9.14. The fourth-order valence-corrected chi connectivity index (χ4v) is 1.13. The Labute approximate surface area is 81.8 Å². The summed E-state index contributed by atoms with van der Waals surface area (Å²) in [6.07, 6.45) is 1.06. The van der Waals surface area contributed by atoms with Crippen LogP contribution >= 0.6 is 22.6 Å². The van der Waals surface area contributed by atoms with Gasteiger partial charge >= 0.3 is 5.97 Å². The monoisotopic (exact) mass is 281 g/mol. The molecule has 64 valence electrons. The Hall–Kier alpha value is -0.720. The first-order chi connectivity index (χ1) is 5.59. The zero-order valence-corrected chi connectivity index (χ0v) is 8.08. The van der Waals surface area contributed by atoms with Gasteiger partial charge in [0.1, 0.15) is 5.82 Å². The second kappa shape index (κ2) is 3.79. The van der Waals surface area contributed by atoms with Crippen LogP contribution in [0, 0.1) is 9.39 Å². The highest BCUT2D eigenvalue weighted by Crippen LogP contribution is 2.09. The van der Waals surface area contributed by atoms with Crippen LogP contribution in [0.5, 0.6) is 0 Å². The molecule has 0 aliphatic heterocycles. The topological polar surface area (TPSA) is 50.2 Å². The van der Waals surface area contributed by atoms with Crippen LogP contribution in [0.1, 0.15) is 5.69 Å². The lowest BCUT2D eigenvalue weighted by atomic mass is 10.2. The molecule has 0 aliphatic carbocycles. The summed E-state index contributed by atoms with van der Waals surface area (Å²) in [5, 5.41) is 8.35. The van der Waals surface area contributed by atoms with E-state index in [2.05, 4.69) is 4.98 Å². The number of rotatable bonds is 2. The Kier molecular flexibility index (Phi) is 2.96. The van der Waals surface area contributed by atoms with Gasteiger partial charge in [0.15, 0.2) is 0 Å². The molecule has 0 unspecified atom stereocenters. The van der Waals surface area contributed by atoms with E-state index in [0.717, 1.165) is 0 Å². The minimum absolute atomic E-state index is 0.0251. The third-order valence-electron chi connectivity index (χ3n) is 1.20. The van der Waals surface area contributed by atoms with E-state index in [1.165, 1.54) is 12.3 Å². The van der Waals surface area contributed by atoms with Crippen LogP contribution in [-0.4, -0.2) is 16.1 Å². The molecule has 0 saturated carbocycles. The highest BCUT2D eigenvalue weighted by atomic mass is 127. The number of halogens is 2. The van der Waals surface area contributed by atoms with Crippen LogP contribution in [0.15, 0.2) is 12.3 Å². The van der Waals surface area contributed by atoms with E-state index in [-0.39, 0.29) is 12.1 Å². The maximum absolute atomic E-state index is 12.9. The van der Waals surface area contributed by atoms with Crippen LogP contribution in [0.4, 0.5) is 4.39 Å². The SMILES string of the molecule is O=C(O)Cc1ncc(I)cc1F. The van der Waals surface area contributed by atoms with Gasteiger partial charge in [-0.25, -0.2) is 4.39 Å². The lowest BCUT2D eigenvalue weighted by molar-refractivity contribution is -0.136. The van der Waals surface area contributed by atoms with Crippen molar-refractivity contribution < 1.29 is 14.3 Å². The van der Waals surface area contributed by atoms with Gasteiger partial charge < -0.3 is 5.11 Å². The number of carbonyl (C=O) groups is 1. The maximum atomic E-state index is 12.9. The lowest BCUT2D eigenvalue weighted by Gasteiger charge is -1.97. The number of nitrogens with zero attached hydrogens (tertiary/aromatic N) is 1. The molecule has 0 aromatic carbocycles. The number of aromatic nitrogens is 1. The number of pyridine rings is 1. The van der Waals surface area contributed by atoms with Gasteiger partial charge in [0.25, 0.3) is 0 Å². The van der Waals surface area contributed by atoms with E-state index >= 15 is 0 Å². The van der Waals surface area contributed by atoms with E-state index in [4.69, 9.17) is 5.11 Å². The summed E-state index contributed by atoms with van der Waals surface area (Å²) >= 11 is 1.91. The fourth-order valence-electron chi connectivity index (χ4n) is 0.716. The zero-order valence-electron chi connectivity index (χ0n) is 5.92. The van der Waals surface area contributed by atoms with Crippen molar-refractivity contribution in [3.05, 3.63) is 27.3 Å². The highest BCUT2D eigenvalue weighted by molar-refractivity contribution is 14.1. The average Bonchev–Trinajstić information content (AvgIpc) is 1.94. The van der Waals surface area contributed by atoms with Gasteiger partial charge in [-0.1, -0.05) is 0 Å². The Morgan fingerprint density at radius 1 is 1.75 bits per heavy atom. The molecule has 12 heavy (non-hydrogen) atoms. The molecule has 1 rings (SSSR count). The summed E-state index contributed by atoms with van der Waals surface area (Å²) in [6.45, 7) is 0.